The lowest BCUT2D eigenvalue weighted by atomic mass is 10.1. The zero-order chi connectivity index (χ0) is 17.1. The zero-order valence-electron chi connectivity index (χ0n) is 14.0. The second-order valence-electron chi connectivity index (χ2n) is 5.92. The van der Waals surface area contributed by atoms with Crippen molar-refractivity contribution in [1.29, 1.82) is 0 Å². The molecule has 2 atom stereocenters. The Morgan fingerprint density at radius 3 is 2.54 bits per heavy atom. The number of hydrogen-bond donors (Lipinski definition) is 1. The largest absolute Gasteiger partial charge is 0.481 e. The molecule has 24 heavy (non-hydrogen) atoms. The van der Waals surface area contributed by atoms with Gasteiger partial charge in [0.1, 0.15) is 5.75 Å². The van der Waals surface area contributed by atoms with Crippen molar-refractivity contribution >= 4 is 5.91 Å². The average Bonchev–Trinajstić information content (AvgIpc) is 3.04. The summed E-state index contributed by atoms with van der Waals surface area (Å²) in [6.07, 6.45) is -0.579. The van der Waals surface area contributed by atoms with E-state index in [4.69, 9.17) is 14.2 Å². The van der Waals surface area contributed by atoms with Gasteiger partial charge in [-0.3, -0.25) is 4.79 Å². The maximum Gasteiger partial charge on any atom is 0.261 e. The zero-order valence-corrected chi connectivity index (χ0v) is 14.0. The molecule has 2 aromatic carbocycles. The molecule has 1 aliphatic heterocycles. The molecule has 5 heteroatoms. The van der Waals surface area contributed by atoms with E-state index in [0.717, 1.165) is 16.9 Å². The lowest BCUT2D eigenvalue weighted by Crippen LogP contribution is -2.37. The van der Waals surface area contributed by atoms with Crippen LogP contribution < -0.4 is 19.5 Å². The summed E-state index contributed by atoms with van der Waals surface area (Å²) in [4.78, 5) is 12.3. The van der Waals surface area contributed by atoms with Crippen LogP contribution in [0.5, 0.6) is 17.2 Å². The summed E-state index contributed by atoms with van der Waals surface area (Å²) in [5, 5.41) is 2.96. The van der Waals surface area contributed by atoms with Gasteiger partial charge in [0.05, 0.1) is 6.04 Å². The lowest BCUT2D eigenvalue weighted by molar-refractivity contribution is -0.127. The number of fused-ring (bicyclic) bond motifs is 1. The SMILES string of the molecule is Cc1ccc(OC(C)C(=O)NC(C)c2ccc3c(c2)OCO3)cc1. The van der Waals surface area contributed by atoms with Crippen molar-refractivity contribution in [3.63, 3.8) is 0 Å². The molecule has 126 valence electrons. The molecule has 0 radical (unpaired) electrons. The van der Waals surface area contributed by atoms with Crippen LogP contribution in [0.25, 0.3) is 0 Å². The van der Waals surface area contributed by atoms with E-state index in [1.165, 1.54) is 0 Å². The van der Waals surface area contributed by atoms with Crippen LogP contribution in [0.2, 0.25) is 0 Å². The van der Waals surface area contributed by atoms with Crippen molar-refractivity contribution < 1.29 is 19.0 Å². The van der Waals surface area contributed by atoms with Crippen LogP contribution in [0.15, 0.2) is 42.5 Å². The topological polar surface area (TPSA) is 56.8 Å². The lowest BCUT2D eigenvalue weighted by Gasteiger charge is -2.19. The van der Waals surface area contributed by atoms with Crippen LogP contribution in [0.4, 0.5) is 0 Å². The highest BCUT2D eigenvalue weighted by atomic mass is 16.7. The van der Waals surface area contributed by atoms with Gasteiger partial charge in [0, 0.05) is 0 Å². The summed E-state index contributed by atoms with van der Waals surface area (Å²) in [6, 6.07) is 13.1. The van der Waals surface area contributed by atoms with E-state index in [2.05, 4.69) is 5.32 Å². The average molecular weight is 327 g/mol. The summed E-state index contributed by atoms with van der Waals surface area (Å²) >= 11 is 0. The molecule has 5 nitrogen and oxygen atoms in total. The van der Waals surface area contributed by atoms with E-state index >= 15 is 0 Å². The molecule has 3 rings (SSSR count). The first-order valence-corrected chi connectivity index (χ1v) is 7.96. The summed E-state index contributed by atoms with van der Waals surface area (Å²) in [5.74, 6) is 1.95. The van der Waals surface area contributed by atoms with Crippen LogP contribution in [0, 0.1) is 6.92 Å². The molecule has 2 aromatic rings. The van der Waals surface area contributed by atoms with Gasteiger partial charge >= 0.3 is 0 Å². The molecule has 1 heterocycles. The molecule has 0 fully saturated rings. The molecular formula is C19H21NO4. The quantitative estimate of drug-likeness (QED) is 0.915. The van der Waals surface area contributed by atoms with Crippen LogP contribution in [0.3, 0.4) is 0 Å². The van der Waals surface area contributed by atoms with Gasteiger partial charge in [-0.15, -0.1) is 0 Å². The Labute approximate surface area is 141 Å². The van der Waals surface area contributed by atoms with E-state index in [1.54, 1.807) is 6.92 Å². The third-order valence-corrected chi connectivity index (χ3v) is 3.96. The second kappa shape index (κ2) is 6.83. The molecule has 0 saturated heterocycles. The summed E-state index contributed by atoms with van der Waals surface area (Å²) < 4.78 is 16.4. The molecule has 1 amide bonds. The number of rotatable bonds is 5. The maximum atomic E-state index is 12.3. The Hall–Kier alpha value is -2.69. The van der Waals surface area contributed by atoms with Gasteiger partial charge in [0.15, 0.2) is 17.6 Å². The van der Waals surface area contributed by atoms with Crippen LogP contribution in [0.1, 0.15) is 31.0 Å². The Bertz CT molecular complexity index is 727. The van der Waals surface area contributed by atoms with Crippen LogP contribution in [-0.2, 0) is 4.79 Å². The van der Waals surface area contributed by atoms with Gasteiger partial charge in [-0.2, -0.15) is 0 Å². The molecule has 2 unspecified atom stereocenters. The highest BCUT2D eigenvalue weighted by molar-refractivity contribution is 5.81. The van der Waals surface area contributed by atoms with E-state index in [9.17, 15) is 4.79 Å². The van der Waals surface area contributed by atoms with E-state index in [1.807, 2.05) is 56.3 Å². The first-order valence-electron chi connectivity index (χ1n) is 7.96. The van der Waals surface area contributed by atoms with Crippen molar-refractivity contribution in [2.75, 3.05) is 6.79 Å². The fourth-order valence-electron chi connectivity index (χ4n) is 2.47. The second-order valence-corrected chi connectivity index (χ2v) is 5.92. The highest BCUT2D eigenvalue weighted by Gasteiger charge is 2.20. The van der Waals surface area contributed by atoms with Crippen molar-refractivity contribution in [2.24, 2.45) is 0 Å². The third kappa shape index (κ3) is 3.62. The van der Waals surface area contributed by atoms with Crippen molar-refractivity contribution in [3.05, 3.63) is 53.6 Å². The van der Waals surface area contributed by atoms with Crippen molar-refractivity contribution in [3.8, 4) is 17.2 Å². The Balaban J connectivity index is 1.60. The molecule has 1 aliphatic rings. The van der Waals surface area contributed by atoms with Crippen LogP contribution in [-0.4, -0.2) is 18.8 Å². The number of carbonyl (C=O) groups is 1. The Morgan fingerprint density at radius 1 is 1.08 bits per heavy atom. The van der Waals surface area contributed by atoms with Crippen molar-refractivity contribution in [2.45, 2.75) is 32.9 Å². The minimum absolute atomic E-state index is 0.156. The van der Waals surface area contributed by atoms with E-state index < -0.39 is 6.10 Å². The number of ether oxygens (including phenoxy) is 3. The number of hydrogen-bond acceptors (Lipinski definition) is 4. The molecule has 1 N–H and O–H groups in total. The minimum Gasteiger partial charge on any atom is -0.481 e. The minimum atomic E-state index is -0.579. The molecular weight excluding hydrogens is 306 g/mol. The van der Waals surface area contributed by atoms with Gasteiger partial charge in [0.2, 0.25) is 6.79 Å². The third-order valence-electron chi connectivity index (χ3n) is 3.96. The highest BCUT2D eigenvalue weighted by Crippen LogP contribution is 2.34. The van der Waals surface area contributed by atoms with Gasteiger partial charge in [0.25, 0.3) is 5.91 Å². The van der Waals surface area contributed by atoms with Gasteiger partial charge in [-0.25, -0.2) is 0 Å². The van der Waals surface area contributed by atoms with Gasteiger partial charge in [-0.1, -0.05) is 23.8 Å². The smallest absolute Gasteiger partial charge is 0.261 e. The fraction of sp³-hybridized carbons (Fsp3) is 0.316. The maximum absolute atomic E-state index is 12.3. The monoisotopic (exact) mass is 327 g/mol. The molecule has 0 saturated carbocycles. The Kier molecular flexibility index (Phi) is 4.60. The molecule has 0 spiro atoms. The van der Waals surface area contributed by atoms with E-state index in [-0.39, 0.29) is 18.7 Å². The van der Waals surface area contributed by atoms with Gasteiger partial charge < -0.3 is 19.5 Å². The fourth-order valence-corrected chi connectivity index (χ4v) is 2.47. The number of amides is 1. The summed E-state index contributed by atoms with van der Waals surface area (Å²) in [7, 11) is 0. The first kappa shape index (κ1) is 16.2. The summed E-state index contributed by atoms with van der Waals surface area (Å²) in [6.45, 7) is 5.91. The number of carbonyl (C=O) groups excluding carboxylic acids is 1. The molecule has 0 bridgehead atoms. The first-order chi connectivity index (χ1) is 11.5. The van der Waals surface area contributed by atoms with Crippen molar-refractivity contribution in [1.82, 2.24) is 5.32 Å². The van der Waals surface area contributed by atoms with Gasteiger partial charge in [-0.05, 0) is 50.6 Å². The summed E-state index contributed by atoms with van der Waals surface area (Å²) in [5.41, 5.74) is 2.10. The molecule has 0 aliphatic carbocycles. The Morgan fingerprint density at radius 2 is 1.79 bits per heavy atom. The predicted octanol–water partition coefficient (Wildman–Crippen LogP) is 3.37. The standard InChI is InChI=1S/C19H21NO4/c1-12-4-7-16(8-5-12)24-14(3)19(21)20-13(2)15-6-9-17-18(10-15)23-11-22-17/h4-10,13-14H,11H2,1-3H3,(H,20,21). The number of benzene rings is 2. The molecule has 0 aromatic heterocycles. The van der Waals surface area contributed by atoms with Crippen LogP contribution >= 0.6 is 0 Å². The van der Waals surface area contributed by atoms with E-state index in [0.29, 0.717) is 11.5 Å². The number of aryl methyl sites for hydroxylation is 1. The number of nitrogens with one attached hydrogen (secondary N) is 1. The predicted molar refractivity (Wildman–Crippen MR) is 90.4 cm³/mol. The normalized spacial score (nSPS) is 14.8.